The van der Waals surface area contributed by atoms with E-state index in [1.807, 2.05) is 30.3 Å². The van der Waals surface area contributed by atoms with Gasteiger partial charge in [0, 0.05) is 18.5 Å². The minimum atomic E-state index is -0.0925. The Hall–Kier alpha value is -2.49. The van der Waals surface area contributed by atoms with E-state index in [1.165, 1.54) is 12.0 Å². The normalized spacial score (nSPS) is 15.1. The minimum absolute atomic E-state index is 0.0925. The maximum Gasteiger partial charge on any atom is 0.314 e. The zero-order valence-corrected chi connectivity index (χ0v) is 14.8. The van der Waals surface area contributed by atoms with Crippen molar-refractivity contribution >= 4 is 6.03 Å². The van der Waals surface area contributed by atoms with Gasteiger partial charge >= 0.3 is 6.03 Å². The summed E-state index contributed by atoms with van der Waals surface area (Å²) in [5, 5.41) is 6.01. The lowest BCUT2D eigenvalue weighted by atomic mass is 9.64. The van der Waals surface area contributed by atoms with E-state index < -0.39 is 0 Å². The Morgan fingerprint density at radius 1 is 1.08 bits per heavy atom. The molecule has 2 N–H and O–H groups in total. The number of rotatable bonds is 7. The molecule has 1 fully saturated rings. The van der Waals surface area contributed by atoms with Crippen molar-refractivity contribution in [3.8, 4) is 5.75 Å². The van der Waals surface area contributed by atoms with E-state index in [0.717, 1.165) is 30.6 Å². The van der Waals surface area contributed by atoms with E-state index in [9.17, 15) is 4.79 Å². The second kappa shape index (κ2) is 8.06. The van der Waals surface area contributed by atoms with Gasteiger partial charge in [-0.2, -0.15) is 0 Å². The minimum Gasteiger partial charge on any atom is -0.497 e. The SMILES string of the molecule is COc1cccc(CCNC(=O)NCC2(c3ccccc3)CCC2)c1. The van der Waals surface area contributed by atoms with Gasteiger partial charge in [0.25, 0.3) is 0 Å². The van der Waals surface area contributed by atoms with Gasteiger partial charge < -0.3 is 15.4 Å². The summed E-state index contributed by atoms with van der Waals surface area (Å²) < 4.78 is 5.22. The fraction of sp³-hybridized carbons (Fsp3) is 0.381. The number of carbonyl (C=O) groups is 1. The molecule has 132 valence electrons. The summed E-state index contributed by atoms with van der Waals surface area (Å²) in [7, 11) is 1.66. The van der Waals surface area contributed by atoms with Gasteiger partial charge in [-0.15, -0.1) is 0 Å². The van der Waals surface area contributed by atoms with Crippen LogP contribution in [0.5, 0.6) is 5.75 Å². The Morgan fingerprint density at radius 3 is 2.56 bits per heavy atom. The molecule has 0 aliphatic heterocycles. The quantitative estimate of drug-likeness (QED) is 0.809. The fourth-order valence-electron chi connectivity index (χ4n) is 3.42. The Morgan fingerprint density at radius 2 is 1.88 bits per heavy atom. The molecular formula is C21H26N2O2. The Bertz CT molecular complexity index is 696. The molecule has 1 aliphatic rings. The zero-order chi connectivity index (χ0) is 17.5. The number of carbonyl (C=O) groups excluding carboxylic acids is 1. The highest BCUT2D eigenvalue weighted by Crippen LogP contribution is 2.43. The van der Waals surface area contributed by atoms with Gasteiger partial charge in [0.1, 0.15) is 5.75 Å². The second-order valence-electron chi connectivity index (χ2n) is 6.71. The second-order valence-corrected chi connectivity index (χ2v) is 6.71. The van der Waals surface area contributed by atoms with Crippen molar-refractivity contribution in [3.63, 3.8) is 0 Å². The van der Waals surface area contributed by atoms with Crippen molar-refractivity contribution in [1.29, 1.82) is 0 Å². The maximum atomic E-state index is 12.1. The first-order valence-electron chi connectivity index (χ1n) is 8.92. The average Bonchev–Trinajstić information content (AvgIpc) is 2.62. The topological polar surface area (TPSA) is 50.4 Å². The lowest BCUT2D eigenvalue weighted by Gasteiger charge is -2.42. The molecule has 0 saturated heterocycles. The molecule has 3 rings (SSSR count). The molecule has 0 spiro atoms. The van der Waals surface area contributed by atoms with Crippen molar-refractivity contribution < 1.29 is 9.53 Å². The molecule has 0 atom stereocenters. The molecule has 0 radical (unpaired) electrons. The van der Waals surface area contributed by atoms with Gasteiger partial charge in [0.2, 0.25) is 0 Å². The van der Waals surface area contributed by atoms with Gasteiger partial charge in [-0.1, -0.05) is 48.9 Å². The Balaban J connectivity index is 1.45. The van der Waals surface area contributed by atoms with Gasteiger partial charge in [-0.25, -0.2) is 4.79 Å². The summed E-state index contributed by atoms with van der Waals surface area (Å²) in [5.74, 6) is 0.844. The Labute approximate surface area is 149 Å². The highest BCUT2D eigenvalue weighted by Gasteiger charge is 2.38. The molecule has 2 aromatic carbocycles. The summed E-state index contributed by atoms with van der Waals surface area (Å²) >= 11 is 0. The summed E-state index contributed by atoms with van der Waals surface area (Å²) in [6, 6.07) is 18.4. The molecule has 0 unspecified atom stereocenters. The number of hydrogen-bond donors (Lipinski definition) is 2. The van der Waals surface area contributed by atoms with Crippen LogP contribution in [-0.4, -0.2) is 26.2 Å². The molecule has 1 aliphatic carbocycles. The van der Waals surface area contributed by atoms with Crippen LogP contribution in [0, 0.1) is 0 Å². The van der Waals surface area contributed by atoms with Crippen molar-refractivity contribution in [2.45, 2.75) is 31.1 Å². The van der Waals surface area contributed by atoms with E-state index in [4.69, 9.17) is 4.74 Å². The zero-order valence-electron chi connectivity index (χ0n) is 14.8. The smallest absolute Gasteiger partial charge is 0.314 e. The molecule has 0 aromatic heterocycles. The third-order valence-electron chi connectivity index (χ3n) is 5.12. The van der Waals surface area contributed by atoms with Crippen molar-refractivity contribution in [3.05, 3.63) is 65.7 Å². The monoisotopic (exact) mass is 338 g/mol. The number of amides is 2. The lowest BCUT2D eigenvalue weighted by molar-refractivity contribution is 0.215. The van der Waals surface area contributed by atoms with Gasteiger partial charge in [-0.3, -0.25) is 0 Å². The molecule has 25 heavy (non-hydrogen) atoms. The third-order valence-corrected chi connectivity index (χ3v) is 5.12. The molecular weight excluding hydrogens is 312 g/mol. The summed E-state index contributed by atoms with van der Waals surface area (Å²) in [6.45, 7) is 1.30. The van der Waals surface area contributed by atoms with E-state index in [-0.39, 0.29) is 11.4 Å². The van der Waals surface area contributed by atoms with Crippen LogP contribution in [0.2, 0.25) is 0 Å². The largest absolute Gasteiger partial charge is 0.497 e. The maximum absolute atomic E-state index is 12.1. The number of nitrogens with one attached hydrogen (secondary N) is 2. The number of urea groups is 1. The fourth-order valence-corrected chi connectivity index (χ4v) is 3.42. The van der Waals surface area contributed by atoms with Crippen molar-refractivity contribution in [2.24, 2.45) is 0 Å². The van der Waals surface area contributed by atoms with E-state index >= 15 is 0 Å². The van der Waals surface area contributed by atoms with Crippen molar-refractivity contribution in [2.75, 3.05) is 20.2 Å². The predicted octanol–water partition coefficient (Wildman–Crippen LogP) is 3.66. The standard InChI is InChI=1S/C21H26N2O2/c1-25-19-10-5-7-17(15-19)11-14-22-20(24)23-16-21(12-6-13-21)18-8-3-2-4-9-18/h2-5,7-10,15H,6,11-14,16H2,1H3,(H2,22,23,24). The van der Waals surface area contributed by atoms with Crippen LogP contribution in [0.15, 0.2) is 54.6 Å². The van der Waals surface area contributed by atoms with Crippen LogP contribution in [0.3, 0.4) is 0 Å². The van der Waals surface area contributed by atoms with Crippen LogP contribution < -0.4 is 15.4 Å². The van der Waals surface area contributed by atoms with Gasteiger partial charge in [0.15, 0.2) is 0 Å². The first-order chi connectivity index (χ1) is 12.2. The number of ether oxygens (including phenoxy) is 1. The van der Waals surface area contributed by atoms with Gasteiger partial charge in [-0.05, 0) is 42.5 Å². The summed E-state index contributed by atoms with van der Waals surface area (Å²) in [5.41, 5.74) is 2.60. The molecule has 2 aromatic rings. The first-order valence-corrected chi connectivity index (χ1v) is 8.92. The van der Waals surface area contributed by atoms with Crippen LogP contribution in [0.1, 0.15) is 30.4 Å². The molecule has 4 nitrogen and oxygen atoms in total. The number of hydrogen-bond acceptors (Lipinski definition) is 2. The molecule has 4 heteroatoms. The predicted molar refractivity (Wildman–Crippen MR) is 100 cm³/mol. The summed E-state index contributed by atoms with van der Waals surface area (Å²) in [6.07, 6.45) is 4.30. The molecule has 0 heterocycles. The highest BCUT2D eigenvalue weighted by molar-refractivity contribution is 5.74. The lowest BCUT2D eigenvalue weighted by Crippen LogP contribution is -2.48. The average molecular weight is 338 g/mol. The van der Waals surface area contributed by atoms with Gasteiger partial charge in [0.05, 0.1) is 7.11 Å². The first kappa shape index (κ1) is 17.3. The number of benzene rings is 2. The van der Waals surface area contributed by atoms with Crippen LogP contribution in [-0.2, 0) is 11.8 Å². The third kappa shape index (κ3) is 4.32. The molecule has 1 saturated carbocycles. The van der Waals surface area contributed by atoms with Crippen LogP contribution >= 0.6 is 0 Å². The van der Waals surface area contributed by atoms with Crippen LogP contribution in [0.4, 0.5) is 4.79 Å². The van der Waals surface area contributed by atoms with Crippen molar-refractivity contribution in [1.82, 2.24) is 10.6 Å². The van der Waals surface area contributed by atoms with E-state index in [0.29, 0.717) is 13.1 Å². The summed E-state index contributed by atoms with van der Waals surface area (Å²) in [4.78, 5) is 12.1. The Kier molecular flexibility index (Phi) is 5.59. The van der Waals surface area contributed by atoms with Crippen LogP contribution in [0.25, 0.3) is 0 Å². The van der Waals surface area contributed by atoms with E-state index in [1.54, 1.807) is 7.11 Å². The highest BCUT2D eigenvalue weighted by atomic mass is 16.5. The molecule has 2 amide bonds. The molecule has 0 bridgehead atoms. The van der Waals surface area contributed by atoms with E-state index in [2.05, 4.69) is 34.9 Å². The number of methoxy groups -OCH3 is 1.